The number of carboxylic acids is 1. The lowest BCUT2D eigenvalue weighted by atomic mass is 9.93. The lowest BCUT2D eigenvalue weighted by Gasteiger charge is -2.39. The molecule has 1 fully saturated rings. The molecule has 1 unspecified atom stereocenters. The van der Waals surface area contributed by atoms with E-state index in [9.17, 15) is 29.1 Å². The Bertz CT molecular complexity index is 1080. The summed E-state index contributed by atoms with van der Waals surface area (Å²) in [6, 6.07) is 6.83. The largest absolute Gasteiger partial charge is 0.495 e. The van der Waals surface area contributed by atoms with Crippen molar-refractivity contribution in [2.45, 2.75) is 25.3 Å². The maximum absolute atomic E-state index is 12.9. The molecule has 1 aliphatic heterocycles. The number of rotatable bonds is 6. The topological polar surface area (TPSA) is 133 Å². The Morgan fingerprint density at radius 1 is 1.32 bits per heavy atom. The third-order valence-electron chi connectivity index (χ3n) is 5.54. The number of pyridine rings is 1. The Hall–Kier alpha value is -2.51. The highest BCUT2D eigenvalue weighted by Crippen LogP contribution is 2.47. The van der Waals surface area contributed by atoms with Gasteiger partial charge in [0.1, 0.15) is 11.8 Å². The molecule has 1 saturated heterocycles. The highest BCUT2D eigenvalue weighted by Gasteiger charge is 2.30. The van der Waals surface area contributed by atoms with Crippen LogP contribution in [0.3, 0.4) is 0 Å². The van der Waals surface area contributed by atoms with E-state index < -0.39 is 28.2 Å². The van der Waals surface area contributed by atoms with Gasteiger partial charge in [-0.3, -0.25) is 18.5 Å². The first-order valence-corrected chi connectivity index (χ1v) is 11.9. The van der Waals surface area contributed by atoms with Gasteiger partial charge in [0.15, 0.2) is 0 Å². The number of halogens is 1. The molecule has 0 spiro atoms. The van der Waals surface area contributed by atoms with E-state index in [2.05, 4.69) is 6.07 Å². The van der Waals surface area contributed by atoms with Crippen LogP contribution in [0.1, 0.15) is 30.9 Å². The summed E-state index contributed by atoms with van der Waals surface area (Å²) >= 11 is 6.07. The summed E-state index contributed by atoms with van der Waals surface area (Å²) in [6.07, 6.45) is 2.51. The van der Waals surface area contributed by atoms with E-state index in [0.29, 0.717) is 34.6 Å². The number of nitriles is 1. The predicted octanol–water partition coefficient (Wildman–Crippen LogP) is 4.23. The van der Waals surface area contributed by atoms with Gasteiger partial charge in [0, 0.05) is 33.7 Å². The molecule has 3 rings (SSSR count). The van der Waals surface area contributed by atoms with Crippen LogP contribution in [0, 0.1) is 17.2 Å². The lowest BCUT2D eigenvalue weighted by molar-refractivity contribution is -0.141. The van der Waals surface area contributed by atoms with Crippen LogP contribution in [0.2, 0.25) is 5.02 Å². The number of hydrogen-bond acceptors (Lipinski definition) is 6. The molecule has 1 aromatic carbocycles. The van der Waals surface area contributed by atoms with Crippen LogP contribution < -0.4 is 10.3 Å². The molecule has 10 heteroatoms. The summed E-state index contributed by atoms with van der Waals surface area (Å²) in [6.45, 7) is 0. The quantitative estimate of drug-likeness (QED) is 0.580. The number of carboxylic acid groups (broad SMARTS) is 1. The summed E-state index contributed by atoms with van der Waals surface area (Å²) in [7, 11) is -1.18. The summed E-state index contributed by atoms with van der Waals surface area (Å²) in [5, 5.41) is 19.6. The molecule has 166 valence electrons. The first-order valence-electron chi connectivity index (χ1n) is 9.62. The second-order valence-corrected chi connectivity index (χ2v) is 10.4. The minimum Gasteiger partial charge on any atom is -0.495 e. The van der Waals surface area contributed by atoms with Crippen molar-refractivity contribution in [2.75, 3.05) is 18.6 Å². The highest BCUT2D eigenvalue weighted by molar-refractivity contribution is 8.24. The molecule has 2 heterocycles. The SMILES string of the molecule is COc1cn(C(CC2CCS(O)(O)CC2)C(=O)O)c(=O)cc1-c1cc(Cl)ccc1C#N. The van der Waals surface area contributed by atoms with E-state index in [4.69, 9.17) is 16.3 Å². The van der Waals surface area contributed by atoms with Crippen LogP contribution in [-0.2, 0) is 4.79 Å². The van der Waals surface area contributed by atoms with E-state index in [1.165, 1.54) is 25.4 Å². The Morgan fingerprint density at radius 3 is 2.58 bits per heavy atom. The third kappa shape index (κ3) is 5.22. The second-order valence-electron chi connectivity index (χ2n) is 7.55. The first kappa shape index (κ1) is 23.2. The molecule has 0 bridgehead atoms. The summed E-state index contributed by atoms with van der Waals surface area (Å²) in [5.74, 6) is -0.478. The van der Waals surface area contributed by atoms with Crippen LogP contribution in [0.4, 0.5) is 0 Å². The molecule has 0 aliphatic carbocycles. The Labute approximate surface area is 186 Å². The van der Waals surface area contributed by atoms with Crippen LogP contribution in [0.25, 0.3) is 11.1 Å². The van der Waals surface area contributed by atoms with Gasteiger partial charge >= 0.3 is 5.97 Å². The Balaban J connectivity index is 2.00. The van der Waals surface area contributed by atoms with E-state index >= 15 is 0 Å². The average Bonchev–Trinajstić information content (AvgIpc) is 2.73. The van der Waals surface area contributed by atoms with Crippen molar-refractivity contribution in [3.8, 4) is 22.9 Å². The number of carbonyl (C=O) groups is 1. The normalized spacial score (nSPS) is 18.0. The fraction of sp³-hybridized carbons (Fsp3) is 0.381. The maximum Gasteiger partial charge on any atom is 0.326 e. The molecule has 1 aromatic heterocycles. The lowest BCUT2D eigenvalue weighted by Crippen LogP contribution is -2.32. The minimum atomic E-state index is -2.57. The van der Waals surface area contributed by atoms with Crippen LogP contribution >= 0.6 is 22.2 Å². The monoisotopic (exact) mass is 466 g/mol. The number of hydrogen-bond donors (Lipinski definition) is 3. The van der Waals surface area contributed by atoms with Crippen LogP contribution in [0.15, 0.2) is 35.3 Å². The predicted molar refractivity (Wildman–Crippen MR) is 119 cm³/mol. The number of ether oxygens (including phenoxy) is 1. The molecule has 1 aliphatic rings. The molecular formula is C21H23ClN2O6S. The van der Waals surface area contributed by atoms with E-state index in [1.807, 2.05) is 0 Å². The van der Waals surface area contributed by atoms with Crippen molar-refractivity contribution in [3.63, 3.8) is 0 Å². The van der Waals surface area contributed by atoms with Crippen molar-refractivity contribution >= 4 is 28.2 Å². The van der Waals surface area contributed by atoms with Gasteiger partial charge in [0.05, 0.1) is 24.9 Å². The van der Waals surface area contributed by atoms with Gasteiger partial charge in [-0.2, -0.15) is 15.9 Å². The molecule has 0 radical (unpaired) electrons. The number of methoxy groups -OCH3 is 1. The molecule has 31 heavy (non-hydrogen) atoms. The minimum absolute atomic E-state index is 0.0447. The van der Waals surface area contributed by atoms with Crippen molar-refractivity contribution in [2.24, 2.45) is 5.92 Å². The highest BCUT2D eigenvalue weighted by atomic mass is 35.5. The smallest absolute Gasteiger partial charge is 0.326 e. The Morgan fingerprint density at radius 2 is 2.00 bits per heavy atom. The van der Waals surface area contributed by atoms with Crippen molar-refractivity contribution in [1.29, 1.82) is 5.26 Å². The molecule has 8 nitrogen and oxygen atoms in total. The van der Waals surface area contributed by atoms with Gasteiger partial charge in [-0.15, -0.1) is 0 Å². The molecular weight excluding hydrogens is 444 g/mol. The summed E-state index contributed by atoms with van der Waals surface area (Å²) in [4.78, 5) is 24.9. The van der Waals surface area contributed by atoms with Crippen molar-refractivity contribution < 1.29 is 23.7 Å². The average molecular weight is 467 g/mol. The number of nitrogens with zero attached hydrogens (tertiary/aromatic N) is 2. The van der Waals surface area contributed by atoms with Gasteiger partial charge in [0.25, 0.3) is 5.56 Å². The molecule has 0 amide bonds. The zero-order valence-electron chi connectivity index (χ0n) is 16.8. The third-order valence-corrected chi connectivity index (χ3v) is 7.55. The number of aliphatic carboxylic acids is 1. The van der Waals surface area contributed by atoms with E-state index in [0.717, 1.165) is 4.57 Å². The van der Waals surface area contributed by atoms with Crippen molar-refractivity contribution in [1.82, 2.24) is 4.57 Å². The zero-order valence-corrected chi connectivity index (χ0v) is 18.4. The van der Waals surface area contributed by atoms with E-state index in [1.54, 1.807) is 12.1 Å². The van der Waals surface area contributed by atoms with Gasteiger partial charge in [-0.25, -0.2) is 4.79 Å². The molecule has 3 N–H and O–H groups in total. The van der Waals surface area contributed by atoms with Crippen molar-refractivity contribution in [3.05, 3.63) is 51.4 Å². The molecule has 2 aromatic rings. The van der Waals surface area contributed by atoms with Gasteiger partial charge in [-0.1, -0.05) is 11.6 Å². The van der Waals surface area contributed by atoms with Gasteiger partial charge in [-0.05, 0) is 43.4 Å². The molecule has 0 saturated carbocycles. The zero-order chi connectivity index (χ0) is 22.8. The Kier molecular flexibility index (Phi) is 6.96. The summed E-state index contributed by atoms with van der Waals surface area (Å²) < 4.78 is 26.1. The fourth-order valence-electron chi connectivity index (χ4n) is 3.82. The van der Waals surface area contributed by atoms with Crippen LogP contribution in [-0.4, -0.2) is 43.4 Å². The first-order chi connectivity index (χ1) is 14.6. The fourth-order valence-corrected chi connectivity index (χ4v) is 5.62. The standard InChI is InChI=1S/C21H23ClN2O6S/c1-30-19-12-24(18(21(26)27)8-13-4-6-31(28,29)7-5-13)20(25)10-17(19)16-9-15(22)3-2-14(16)11-23/h2-3,9-10,12-13,18,28-29H,4-8H2,1H3,(H,26,27). The van der Waals surface area contributed by atoms with Gasteiger partial charge < -0.3 is 9.84 Å². The van der Waals surface area contributed by atoms with Crippen LogP contribution in [0.5, 0.6) is 5.75 Å². The molecule has 1 atom stereocenters. The summed E-state index contributed by atoms with van der Waals surface area (Å²) in [5.41, 5.74) is 0.516. The van der Waals surface area contributed by atoms with Gasteiger partial charge in [0.2, 0.25) is 0 Å². The van der Waals surface area contributed by atoms with E-state index in [-0.39, 0.29) is 29.6 Å². The number of benzene rings is 1. The number of aromatic nitrogens is 1. The second kappa shape index (κ2) is 9.32. The maximum atomic E-state index is 12.9.